The molecule has 120 valence electrons. The van der Waals surface area contributed by atoms with Gasteiger partial charge in [0.05, 0.1) is 5.56 Å². The van der Waals surface area contributed by atoms with Gasteiger partial charge in [-0.3, -0.25) is 4.79 Å². The van der Waals surface area contributed by atoms with Crippen LogP contribution in [0.25, 0.3) is 0 Å². The summed E-state index contributed by atoms with van der Waals surface area (Å²) in [5, 5.41) is 2.69. The highest BCUT2D eigenvalue weighted by atomic mass is 19.1. The van der Waals surface area contributed by atoms with Crippen LogP contribution in [0.15, 0.2) is 36.7 Å². The van der Waals surface area contributed by atoms with E-state index < -0.39 is 0 Å². The van der Waals surface area contributed by atoms with Gasteiger partial charge in [-0.2, -0.15) is 0 Å². The number of halogens is 1. The number of nitrogens with one attached hydrogen (secondary N) is 1. The van der Waals surface area contributed by atoms with Crippen molar-refractivity contribution >= 4 is 17.5 Å². The Morgan fingerprint density at radius 1 is 1.26 bits per heavy atom. The Labute approximate surface area is 134 Å². The van der Waals surface area contributed by atoms with Crippen LogP contribution in [0.2, 0.25) is 0 Å². The quantitative estimate of drug-likeness (QED) is 0.946. The zero-order valence-electron chi connectivity index (χ0n) is 13.0. The van der Waals surface area contributed by atoms with E-state index in [1.165, 1.54) is 43.1 Å². The Balaban J connectivity index is 1.66. The molecule has 1 fully saturated rings. The third-order valence-electron chi connectivity index (χ3n) is 3.94. The van der Waals surface area contributed by atoms with Crippen LogP contribution in [0.3, 0.4) is 0 Å². The van der Waals surface area contributed by atoms with Gasteiger partial charge in [0.1, 0.15) is 5.82 Å². The van der Waals surface area contributed by atoms with Gasteiger partial charge in [0.25, 0.3) is 5.91 Å². The van der Waals surface area contributed by atoms with Crippen LogP contribution in [0.1, 0.15) is 30.1 Å². The second-order valence-corrected chi connectivity index (χ2v) is 5.93. The summed E-state index contributed by atoms with van der Waals surface area (Å²) in [6, 6.07) is 5.62. The van der Waals surface area contributed by atoms with Gasteiger partial charge >= 0.3 is 0 Å². The standard InChI is InChI=1S/C17H19FN4O/c1-12-3-2-8-22(11-12)17-19-9-13(10-20-17)16(23)21-15-6-4-14(18)5-7-15/h4-7,9-10,12H,2-3,8,11H2,1H3,(H,21,23). The fourth-order valence-electron chi connectivity index (χ4n) is 2.71. The molecule has 1 aromatic heterocycles. The molecule has 1 amide bonds. The van der Waals surface area contributed by atoms with Gasteiger partial charge in [-0.25, -0.2) is 14.4 Å². The summed E-state index contributed by atoms with van der Waals surface area (Å²) in [6.45, 7) is 4.11. The average molecular weight is 314 g/mol. The fraction of sp³-hybridized carbons (Fsp3) is 0.353. The third-order valence-corrected chi connectivity index (χ3v) is 3.94. The number of hydrogen-bond acceptors (Lipinski definition) is 4. The number of benzene rings is 1. The van der Waals surface area contributed by atoms with E-state index in [9.17, 15) is 9.18 Å². The predicted molar refractivity (Wildman–Crippen MR) is 87.0 cm³/mol. The third kappa shape index (κ3) is 3.83. The molecule has 1 aliphatic rings. The number of hydrogen-bond donors (Lipinski definition) is 1. The molecule has 1 saturated heterocycles. The Hall–Kier alpha value is -2.50. The van der Waals surface area contributed by atoms with Gasteiger partial charge in [0, 0.05) is 31.2 Å². The van der Waals surface area contributed by atoms with Gasteiger partial charge < -0.3 is 10.2 Å². The topological polar surface area (TPSA) is 58.1 Å². The SMILES string of the molecule is CC1CCCN(c2ncc(C(=O)Nc3ccc(F)cc3)cn2)C1. The Morgan fingerprint density at radius 3 is 2.61 bits per heavy atom. The summed E-state index contributed by atoms with van der Waals surface area (Å²) in [6.07, 6.45) is 5.42. The van der Waals surface area contributed by atoms with Crippen molar-refractivity contribution in [1.82, 2.24) is 9.97 Å². The normalized spacial score (nSPS) is 17.8. The van der Waals surface area contributed by atoms with Gasteiger partial charge in [0.15, 0.2) is 0 Å². The largest absolute Gasteiger partial charge is 0.341 e. The van der Waals surface area contributed by atoms with E-state index >= 15 is 0 Å². The van der Waals surface area contributed by atoms with Gasteiger partial charge in [-0.05, 0) is 43.0 Å². The molecule has 1 N–H and O–H groups in total. The van der Waals surface area contributed by atoms with Crippen molar-refractivity contribution in [3.63, 3.8) is 0 Å². The summed E-state index contributed by atoms with van der Waals surface area (Å²) in [5.74, 6) is 0.644. The first kappa shape index (κ1) is 15.4. The average Bonchev–Trinajstić information content (AvgIpc) is 2.57. The molecule has 0 bridgehead atoms. The van der Waals surface area contributed by atoms with Crippen molar-refractivity contribution in [3.8, 4) is 0 Å². The number of rotatable bonds is 3. The minimum absolute atomic E-state index is 0.310. The van der Waals surface area contributed by atoms with E-state index in [0.717, 1.165) is 19.5 Å². The molecule has 1 unspecified atom stereocenters. The first-order valence-electron chi connectivity index (χ1n) is 7.76. The smallest absolute Gasteiger partial charge is 0.258 e. The molecule has 1 aromatic carbocycles. The molecule has 2 aromatic rings. The minimum atomic E-state index is -0.341. The predicted octanol–water partition coefficient (Wildman–Crippen LogP) is 3.10. The van der Waals surface area contributed by atoms with Crippen molar-refractivity contribution < 1.29 is 9.18 Å². The molecule has 5 nitrogen and oxygen atoms in total. The highest BCUT2D eigenvalue weighted by Crippen LogP contribution is 2.19. The van der Waals surface area contributed by atoms with Crippen LogP contribution in [-0.4, -0.2) is 29.0 Å². The van der Waals surface area contributed by atoms with Crippen LogP contribution >= 0.6 is 0 Å². The molecular weight excluding hydrogens is 295 g/mol. The highest BCUT2D eigenvalue weighted by molar-refractivity contribution is 6.03. The van der Waals surface area contributed by atoms with Gasteiger partial charge in [0.2, 0.25) is 5.95 Å². The summed E-state index contributed by atoms with van der Waals surface area (Å²) in [7, 11) is 0. The van der Waals surface area contributed by atoms with Crippen molar-refractivity contribution in [3.05, 3.63) is 48.0 Å². The Bertz CT molecular complexity index is 672. The number of piperidine rings is 1. The Kier molecular flexibility index (Phi) is 4.50. The van der Waals surface area contributed by atoms with Crippen molar-refractivity contribution in [2.75, 3.05) is 23.3 Å². The molecule has 2 heterocycles. The lowest BCUT2D eigenvalue weighted by Crippen LogP contribution is -2.35. The number of aromatic nitrogens is 2. The van der Waals surface area contributed by atoms with Crippen LogP contribution in [0.5, 0.6) is 0 Å². The number of amides is 1. The highest BCUT2D eigenvalue weighted by Gasteiger charge is 2.19. The second-order valence-electron chi connectivity index (χ2n) is 5.93. The van der Waals surface area contributed by atoms with E-state index in [2.05, 4.69) is 27.1 Å². The van der Waals surface area contributed by atoms with Crippen molar-refractivity contribution in [2.24, 2.45) is 5.92 Å². The minimum Gasteiger partial charge on any atom is -0.341 e. The summed E-state index contributed by atoms with van der Waals surface area (Å²) < 4.78 is 12.9. The van der Waals surface area contributed by atoms with E-state index in [0.29, 0.717) is 23.1 Å². The molecule has 3 rings (SSSR count). The van der Waals surface area contributed by atoms with E-state index in [-0.39, 0.29) is 11.7 Å². The maximum atomic E-state index is 12.9. The Morgan fingerprint density at radius 2 is 1.96 bits per heavy atom. The van der Waals surface area contributed by atoms with Crippen LogP contribution in [0, 0.1) is 11.7 Å². The second kappa shape index (κ2) is 6.73. The number of nitrogens with zero attached hydrogens (tertiary/aromatic N) is 3. The van der Waals surface area contributed by atoms with Crippen LogP contribution in [-0.2, 0) is 0 Å². The summed E-state index contributed by atoms with van der Waals surface area (Å²) in [4.78, 5) is 22.9. The molecule has 0 radical (unpaired) electrons. The van der Waals surface area contributed by atoms with Gasteiger partial charge in [-0.15, -0.1) is 0 Å². The van der Waals surface area contributed by atoms with E-state index in [1.807, 2.05) is 0 Å². The maximum absolute atomic E-state index is 12.9. The first-order valence-corrected chi connectivity index (χ1v) is 7.76. The van der Waals surface area contributed by atoms with Crippen molar-refractivity contribution in [2.45, 2.75) is 19.8 Å². The zero-order chi connectivity index (χ0) is 16.2. The van der Waals surface area contributed by atoms with Crippen LogP contribution in [0.4, 0.5) is 16.0 Å². The molecular formula is C17H19FN4O. The van der Waals surface area contributed by atoms with Crippen LogP contribution < -0.4 is 10.2 Å². The number of carbonyl (C=O) groups is 1. The first-order chi connectivity index (χ1) is 11.1. The lowest BCUT2D eigenvalue weighted by Gasteiger charge is -2.30. The fourth-order valence-corrected chi connectivity index (χ4v) is 2.71. The summed E-state index contributed by atoms with van der Waals surface area (Å²) >= 11 is 0. The zero-order valence-corrected chi connectivity index (χ0v) is 13.0. The lowest BCUT2D eigenvalue weighted by atomic mass is 10.0. The molecule has 0 saturated carbocycles. The molecule has 1 aliphatic heterocycles. The maximum Gasteiger partial charge on any atom is 0.258 e. The monoisotopic (exact) mass is 314 g/mol. The van der Waals surface area contributed by atoms with E-state index in [4.69, 9.17) is 0 Å². The molecule has 0 aliphatic carbocycles. The lowest BCUT2D eigenvalue weighted by molar-refractivity contribution is 0.102. The number of anilines is 2. The number of carbonyl (C=O) groups excluding carboxylic acids is 1. The molecule has 1 atom stereocenters. The van der Waals surface area contributed by atoms with Crippen molar-refractivity contribution in [1.29, 1.82) is 0 Å². The molecule has 23 heavy (non-hydrogen) atoms. The molecule has 0 spiro atoms. The van der Waals surface area contributed by atoms with E-state index in [1.54, 1.807) is 0 Å². The van der Waals surface area contributed by atoms with Gasteiger partial charge in [-0.1, -0.05) is 6.92 Å². The summed E-state index contributed by atoms with van der Waals surface area (Å²) in [5.41, 5.74) is 0.911. The molecule has 6 heteroatoms.